The molecule has 6 heteroatoms. The minimum absolute atomic E-state index is 0.234. The van der Waals surface area contributed by atoms with Crippen molar-refractivity contribution in [3.63, 3.8) is 0 Å². The third-order valence-electron chi connectivity index (χ3n) is 2.59. The molecule has 0 radical (unpaired) electrons. The Morgan fingerprint density at radius 1 is 1.33 bits per heavy atom. The number of benzene rings is 1. The van der Waals surface area contributed by atoms with Crippen molar-refractivity contribution in [1.82, 2.24) is 9.97 Å². The molecule has 0 amide bonds. The highest BCUT2D eigenvalue weighted by Gasteiger charge is 2.24. The molecule has 1 aliphatic rings. The Kier molecular flexibility index (Phi) is 2.79. The molecule has 1 aromatic carbocycles. The quantitative estimate of drug-likeness (QED) is 0.875. The van der Waals surface area contributed by atoms with Gasteiger partial charge in [0.05, 0.1) is 0 Å². The van der Waals surface area contributed by atoms with Crippen molar-refractivity contribution >= 4 is 15.9 Å². The minimum atomic E-state index is -0.402. The van der Waals surface area contributed by atoms with Gasteiger partial charge in [-0.2, -0.15) is 0 Å². The van der Waals surface area contributed by atoms with Gasteiger partial charge in [0.15, 0.2) is 23.4 Å². The van der Waals surface area contributed by atoms with Gasteiger partial charge in [0.2, 0.25) is 0 Å². The third-order valence-corrected chi connectivity index (χ3v) is 3.15. The van der Waals surface area contributed by atoms with Gasteiger partial charge in [0, 0.05) is 6.20 Å². The van der Waals surface area contributed by atoms with Gasteiger partial charge in [-0.1, -0.05) is 12.1 Å². The lowest BCUT2D eigenvalue weighted by atomic mass is 10.2. The van der Waals surface area contributed by atoms with Crippen molar-refractivity contribution in [2.24, 2.45) is 0 Å². The Morgan fingerprint density at radius 2 is 2.11 bits per heavy atom. The predicted molar refractivity (Wildman–Crippen MR) is 67.9 cm³/mol. The first-order valence-electron chi connectivity index (χ1n) is 5.37. The molecular weight excluding hydrogens is 300 g/mol. The first-order chi connectivity index (χ1) is 8.74. The summed E-state index contributed by atoms with van der Waals surface area (Å²) in [6.45, 7) is 0.321. The summed E-state index contributed by atoms with van der Waals surface area (Å²) in [7, 11) is 0. The second-order valence-electron chi connectivity index (χ2n) is 3.81. The fraction of sp³-hybridized carbons (Fsp3) is 0.167. The van der Waals surface area contributed by atoms with Crippen LogP contribution in [0.3, 0.4) is 0 Å². The number of halogens is 1. The van der Waals surface area contributed by atoms with Crippen molar-refractivity contribution in [2.45, 2.75) is 6.10 Å². The zero-order chi connectivity index (χ0) is 12.5. The van der Waals surface area contributed by atoms with Crippen LogP contribution in [0.5, 0.6) is 11.5 Å². The largest absolute Gasteiger partial charge is 0.485 e. The minimum Gasteiger partial charge on any atom is -0.485 e. The van der Waals surface area contributed by atoms with Crippen LogP contribution in [0.15, 0.2) is 39.7 Å². The number of aromatic amines is 1. The molecule has 1 N–H and O–H groups in total. The van der Waals surface area contributed by atoms with Crippen LogP contribution in [-0.2, 0) is 0 Å². The van der Waals surface area contributed by atoms with Crippen LogP contribution in [0.25, 0.3) is 0 Å². The summed E-state index contributed by atoms with van der Waals surface area (Å²) in [5.41, 5.74) is -0.234. The second-order valence-corrected chi connectivity index (χ2v) is 4.66. The first kappa shape index (κ1) is 11.3. The summed E-state index contributed by atoms with van der Waals surface area (Å²) in [6, 6.07) is 7.40. The fourth-order valence-electron chi connectivity index (χ4n) is 1.71. The van der Waals surface area contributed by atoms with E-state index in [0.29, 0.717) is 28.4 Å². The molecule has 92 valence electrons. The van der Waals surface area contributed by atoms with E-state index in [1.54, 1.807) is 0 Å². The Bertz CT molecular complexity index is 641. The summed E-state index contributed by atoms with van der Waals surface area (Å²) in [4.78, 5) is 18.3. The van der Waals surface area contributed by atoms with E-state index in [-0.39, 0.29) is 5.56 Å². The van der Waals surface area contributed by atoms with Crippen LogP contribution in [0, 0.1) is 0 Å². The van der Waals surface area contributed by atoms with Crippen LogP contribution >= 0.6 is 15.9 Å². The summed E-state index contributed by atoms with van der Waals surface area (Å²) in [5.74, 6) is 1.81. The lowest BCUT2D eigenvalue weighted by molar-refractivity contribution is 0.0848. The van der Waals surface area contributed by atoms with Crippen molar-refractivity contribution in [3.05, 3.63) is 51.1 Å². The van der Waals surface area contributed by atoms with Crippen LogP contribution in [0.2, 0.25) is 0 Å². The van der Waals surface area contributed by atoms with Gasteiger partial charge in [0.25, 0.3) is 5.56 Å². The highest BCUT2D eigenvalue weighted by atomic mass is 79.9. The Morgan fingerprint density at radius 3 is 2.89 bits per heavy atom. The maximum absolute atomic E-state index is 11.5. The zero-order valence-corrected chi connectivity index (χ0v) is 10.8. The van der Waals surface area contributed by atoms with Crippen molar-refractivity contribution in [3.8, 4) is 11.5 Å². The fourth-order valence-corrected chi connectivity index (χ4v) is 1.91. The SMILES string of the molecule is O=c1[nH]c(C2COc3ccccc3O2)ncc1Br. The van der Waals surface area contributed by atoms with Crippen LogP contribution in [0.1, 0.15) is 11.9 Å². The number of H-pyrrole nitrogens is 1. The molecule has 1 unspecified atom stereocenters. The number of fused-ring (bicyclic) bond motifs is 1. The van der Waals surface area contributed by atoms with Crippen LogP contribution in [-0.4, -0.2) is 16.6 Å². The first-order valence-corrected chi connectivity index (χ1v) is 6.16. The molecule has 2 heterocycles. The number of hydrogen-bond donors (Lipinski definition) is 1. The molecular formula is C12H9BrN2O3. The number of ether oxygens (including phenoxy) is 2. The summed E-state index contributed by atoms with van der Waals surface area (Å²) in [6.07, 6.45) is 1.05. The maximum Gasteiger partial charge on any atom is 0.265 e. The number of hydrogen-bond acceptors (Lipinski definition) is 4. The van der Waals surface area contributed by atoms with Gasteiger partial charge in [-0.05, 0) is 28.1 Å². The van der Waals surface area contributed by atoms with E-state index < -0.39 is 6.10 Å². The maximum atomic E-state index is 11.5. The lowest BCUT2D eigenvalue weighted by Gasteiger charge is -2.25. The van der Waals surface area contributed by atoms with Crippen molar-refractivity contribution in [1.29, 1.82) is 0 Å². The molecule has 0 bridgehead atoms. The van der Waals surface area contributed by atoms with Gasteiger partial charge < -0.3 is 14.5 Å². The molecule has 5 nitrogen and oxygen atoms in total. The highest BCUT2D eigenvalue weighted by Crippen LogP contribution is 2.34. The van der Waals surface area contributed by atoms with Gasteiger partial charge in [-0.3, -0.25) is 4.79 Å². The van der Waals surface area contributed by atoms with E-state index in [2.05, 4.69) is 25.9 Å². The monoisotopic (exact) mass is 308 g/mol. The van der Waals surface area contributed by atoms with Crippen molar-refractivity contribution < 1.29 is 9.47 Å². The van der Waals surface area contributed by atoms with E-state index >= 15 is 0 Å². The number of nitrogens with one attached hydrogen (secondary N) is 1. The molecule has 0 aliphatic carbocycles. The van der Waals surface area contributed by atoms with Gasteiger partial charge >= 0.3 is 0 Å². The number of rotatable bonds is 1. The number of aromatic nitrogens is 2. The van der Waals surface area contributed by atoms with E-state index in [9.17, 15) is 4.79 Å². The molecule has 0 fully saturated rings. The Balaban J connectivity index is 1.92. The Hall–Kier alpha value is -1.82. The summed E-state index contributed by atoms with van der Waals surface area (Å²) < 4.78 is 11.7. The van der Waals surface area contributed by atoms with E-state index in [1.165, 1.54) is 6.20 Å². The molecule has 3 rings (SSSR count). The number of nitrogens with zero attached hydrogens (tertiary/aromatic N) is 1. The molecule has 2 aromatic rings. The topological polar surface area (TPSA) is 64.2 Å². The molecule has 1 atom stereocenters. The van der Waals surface area contributed by atoms with Gasteiger partial charge in [-0.15, -0.1) is 0 Å². The third kappa shape index (κ3) is 1.99. The standard InChI is InChI=1S/C12H9BrN2O3/c13-7-5-14-11(15-12(7)16)10-6-17-8-3-1-2-4-9(8)18-10/h1-5,10H,6H2,(H,14,15,16). The van der Waals surface area contributed by atoms with Crippen molar-refractivity contribution in [2.75, 3.05) is 6.61 Å². The Labute approximate surface area is 111 Å². The van der Waals surface area contributed by atoms with Crippen LogP contribution in [0.4, 0.5) is 0 Å². The lowest BCUT2D eigenvalue weighted by Crippen LogP contribution is -2.26. The van der Waals surface area contributed by atoms with Crippen LogP contribution < -0.4 is 15.0 Å². The van der Waals surface area contributed by atoms with E-state index in [0.717, 1.165) is 0 Å². The molecule has 1 aromatic heterocycles. The number of para-hydroxylation sites is 2. The average Bonchev–Trinajstić information content (AvgIpc) is 2.41. The van der Waals surface area contributed by atoms with E-state index in [4.69, 9.17) is 9.47 Å². The van der Waals surface area contributed by atoms with Gasteiger partial charge in [0.1, 0.15) is 11.1 Å². The smallest absolute Gasteiger partial charge is 0.265 e. The van der Waals surface area contributed by atoms with Gasteiger partial charge in [-0.25, -0.2) is 4.98 Å². The second kappa shape index (κ2) is 4.45. The average molecular weight is 309 g/mol. The predicted octanol–water partition coefficient (Wildman–Crippen LogP) is 2.04. The molecule has 1 aliphatic heterocycles. The molecule has 0 spiro atoms. The van der Waals surface area contributed by atoms with E-state index in [1.807, 2.05) is 24.3 Å². The summed E-state index contributed by atoms with van der Waals surface area (Å²) in [5, 5.41) is 0. The highest BCUT2D eigenvalue weighted by molar-refractivity contribution is 9.10. The normalized spacial score (nSPS) is 17.5. The molecule has 18 heavy (non-hydrogen) atoms. The summed E-state index contributed by atoms with van der Waals surface area (Å²) >= 11 is 3.10. The molecule has 0 saturated heterocycles. The zero-order valence-electron chi connectivity index (χ0n) is 9.22. The molecule has 0 saturated carbocycles.